The van der Waals surface area contributed by atoms with Crippen LogP contribution in [0.25, 0.3) is 0 Å². The highest BCUT2D eigenvalue weighted by Gasteiger charge is 2.32. The highest BCUT2D eigenvalue weighted by molar-refractivity contribution is 5.83. The first-order chi connectivity index (χ1) is 8.98. The van der Waals surface area contributed by atoms with Gasteiger partial charge in [-0.25, -0.2) is 4.79 Å². The quantitative estimate of drug-likeness (QED) is 0.607. The number of ketones is 1. The molecule has 0 radical (unpaired) electrons. The van der Waals surface area contributed by atoms with Gasteiger partial charge in [0.05, 0.1) is 0 Å². The molecule has 0 aliphatic carbocycles. The molecule has 0 amide bonds. The molecule has 5 nitrogen and oxygen atoms in total. The molecule has 1 rings (SSSR count). The molecule has 5 heteroatoms. The van der Waals surface area contributed by atoms with E-state index in [4.69, 9.17) is 10.8 Å². The summed E-state index contributed by atoms with van der Waals surface area (Å²) >= 11 is 0. The molecule has 0 bridgehead atoms. The van der Waals surface area contributed by atoms with Gasteiger partial charge in [-0.05, 0) is 18.5 Å². The number of hydrogen-bond donors (Lipinski definition) is 3. The Balaban J connectivity index is 2.51. The van der Waals surface area contributed by atoms with Gasteiger partial charge in [0, 0.05) is 12.8 Å². The van der Waals surface area contributed by atoms with Crippen molar-refractivity contribution in [1.82, 2.24) is 5.32 Å². The van der Waals surface area contributed by atoms with Gasteiger partial charge in [-0.15, -0.1) is 0 Å². The normalized spacial score (nSPS) is 13.8. The Bertz CT molecular complexity index is 434. The number of hydrogen-bond acceptors (Lipinski definition) is 4. The van der Waals surface area contributed by atoms with Crippen LogP contribution in [0.3, 0.4) is 0 Å². The summed E-state index contributed by atoms with van der Waals surface area (Å²) in [7, 11) is 0. The van der Waals surface area contributed by atoms with E-state index in [9.17, 15) is 9.59 Å². The Morgan fingerprint density at radius 2 is 1.95 bits per heavy atom. The highest BCUT2D eigenvalue weighted by atomic mass is 16.4. The van der Waals surface area contributed by atoms with E-state index in [1.54, 1.807) is 6.92 Å². The Labute approximate surface area is 112 Å². The molecule has 0 fully saturated rings. The number of rotatable bonds is 8. The maximum absolute atomic E-state index is 11.8. The van der Waals surface area contributed by atoms with Crippen molar-refractivity contribution in [2.24, 2.45) is 5.73 Å². The number of Topliss-reactive ketones (excluding diaryl/α,β-unsaturated/α-hetero) is 1. The summed E-state index contributed by atoms with van der Waals surface area (Å²) in [5.74, 6) is -1.15. The molecule has 0 saturated heterocycles. The number of carbonyl (C=O) groups excluding carboxylic acids is 1. The summed E-state index contributed by atoms with van der Waals surface area (Å²) in [5, 5.41) is 11.8. The lowest BCUT2D eigenvalue weighted by Gasteiger charge is -2.25. The third-order valence-corrected chi connectivity index (χ3v) is 2.92. The van der Waals surface area contributed by atoms with Gasteiger partial charge in [0.25, 0.3) is 0 Å². The smallest absolute Gasteiger partial charge is 0.338 e. The van der Waals surface area contributed by atoms with Gasteiger partial charge in [-0.1, -0.05) is 37.3 Å². The second-order valence-corrected chi connectivity index (χ2v) is 4.51. The number of carboxylic acids is 1. The minimum absolute atomic E-state index is 0.0137. The van der Waals surface area contributed by atoms with E-state index in [1.807, 2.05) is 30.3 Å². The van der Waals surface area contributed by atoms with E-state index < -0.39 is 11.6 Å². The first-order valence-corrected chi connectivity index (χ1v) is 6.31. The molecule has 4 N–H and O–H groups in total. The number of likely N-dealkylation sites (N-methyl/N-ethyl adjacent to an activating group) is 1. The standard InChI is InChI=1S/C14H20N2O3/c1-2-16-14(15,13(18)19)9-8-12(17)10-11-6-4-3-5-7-11/h3-7,16H,2,8-10,15H2,1H3,(H,18,19)/t14-/m0/s1. The predicted molar refractivity (Wildman–Crippen MR) is 72.6 cm³/mol. The molecule has 0 heterocycles. The molecule has 1 atom stereocenters. The third kappa shape index (κ3) is 4.81. The highest BCUT2D eigenvalue weighted by Crippen LogP contribution is 2.10. The van der Waals surface area contributed by atoms with Crippen LogP contribution in [0.2, 0.25) is 0 Å². The van der Waals surface area contributed by atoms with Crippen LogP contribution in [0.15, 0.2) is 30.3 Å². The van der Waals surface area contributed by atoms with E-state index in [2.05, 4.69) is 5.32 Å². The zero-order valence-electron chi connectivity index (χ0n) is 11.1. The molecule has 19 heavy (non-hydrogen) atoms. The van der Waals surface area contributed by atoms with Gasteiger partial charge in [0.1, 0.15) is 5.78 Å². The van der Waals surface area contributed by atoms with Gasteiger partial charge < -0.3 is 10.8 Å². The summed E-state index contributed by atoms with van der Waals surface area (Å²) in [6.07, 6.45) is 0.537. The second-order valence-electron chi connectivity index (χ2n) is 4.51. The molecule has 0 aliphatic rings. The molecule has 1 aromatic rings. The van der Waals surface area contributed by atoms with E-state index in [0.29, 0.717) is 13.0 Å². The predicted octanol–water partition coefficient (Wildman–Crippen LogP) is 0.927. The van der Waals surface area contributed by atoms with E-state index in [-0.39, 0.29) is 18.6 Å². The van der Waals surface area contributed by atoms with Crippen LogP contribution in [0.5, 0.6) is 0 Å². The largest absolute Gasteiger partial charge is 0.479 e. The van der Waals surface area contributed by atoms with Crippen LogP contribution in [0, 0.1) is 0 Å². The van der Waals surface area contributed by atoms with Crippen molar-refractivity contribution in [3.05, 3.63) is 35.9 Å². The summed E-state index contributed by atoms with van der Waals surface area (Å²) < 4.78 is 0. The molecular weight excluding hydrogens is 244 g/mol. The fourth-order valence-corrected chi connectivity index (χ4v) is 1.83. The number of aliphatic carboxylic acids is 1. The fourth-order valence-electron chi connectivity index (χ4n) is 1.83. The van der Waals surface area contributed by atoms with Crippen molar-refractivity contribution in [1.29, 1.82) is 0 Å². The van der Waals surface area contributed by atoms with Crippen molar-refractivity contribution in [3.63, 3.8) is 0 Å². The first kappa shape index (κ1) is 15.3. The van der Waals surface area contributed by atoms with Crippen LogP contribution in [0.4, 0.5) is 0 Å². The molecular formula is C14H20N2O3. The Kier molecular flexibility index (Phi) is 5.66. The molecule has 104 valence electrons. The van der Waals surface area contributed by atoms with Gasteiger partial charge in [-0.3, -0.25) is 10.1 Å². The minimum atomic E-state index is -1.53. The number of carbonyl (C=O) groups is 2. The average Bonchev–Trinajstić information content (AvgIpc) is 2.38. The van der Waals surface area contributed by atoms with E-state index >= 15 is 0 Å². The Hall–Kier alpha value is -1.72. The number of nitrogens with one attached hydrogen (secondary N) is 1. The maximum atomic E-state index is 11.8. The van der Waals surface area contributed by atoms with Gasteiger partial charge in [0.2, 0.25) is 0 Å². The summed E-state index contributed by atoms with van der Waals surface area (Å²) in [4.78, 5) is 22.9. The molecule has 0 aliphatic heterocycles. The molecule has 0 unspecified atom stereocenters. The van der Waals surface area contributed by atoms with Crippen molar-refractivity contribution in [2.75, 3.05) is 6.54 Å². The van der Waals surface area contributed by atoms with Gasteiger partial charge in [0.15, 0.2) is 5.66 Å². The Morgan fingerprint density at radius 1 is 1.32 bits per heavy atom. The molecule has 0 saturated carbocycles. The van der Waals surface area contributed by atoms with Crippen LogP contribution >= 0.6 is 0 Å². The van der Waals surface area contributed by atoms with Gasteiger partial charge in [-0.2, -0.15) is 0 Å². The van der Waals surface area contributed by atoms with Crippen molar-refractivity contribution in [2.45, 2.75) is 31.8 Å². The zero-order valence-corrected chi connectivity index (χ0v) is 11.1. The van der Waals surface area contributed by atoms with E-state index in [1.165, 1.54) is 0 Å². The monoisotopic (exact) mass is 264 g/mol. The number of nitrogens with two attached hydrogens (primary N) is 1. The fraction of sp³-hybridized carbons (Fsp3) is 0.429. The van der Waals surface area contributed by atoms with Crippen LogP contribution in [0.1, 0.15) is 25.3 Å². The van der Waals surface area contributed by atoms with Crippen LogP contribution in [-0.2, 0) is 16.0 Å². The molecule has 0 spiro atoms. The van der Waals surface area contributed by atoms with Crippen molar-refractivity contribution in [3.8, 4) is 0 Å². The van der Waals surface area contributed by atoms with Crippen molar-refractivity contribution >= 4 is 11.8 Å². The molecule has 0 aromatic heterocycles. The third-order valence-electron chi connectivity index (χ3n) is 2.92. The van der Waals surface area contributed by atoms with Crippen LogP contribution in [-0.4, -0.2) is 29.1 Å². The second kappa shape index (κ2) is 7.01. The number of benzene rings is 1. The summed E-state index contributed by atoms with van der Waals surface area (Å²) in [5.41, 5.74) is 5.13. The lowest BCUT2D eigenvalue weighted by molar-refractivity contribution is -0.145. The van der Waals surface area contributed by atoms with Gasteiger partial charge >= 0.3 is 5.97 Å². The van der Waals surface area contributed by atoms with Crippen molar-refractivity contribution < 1.29 is 14.7 Å². The lowest BCUT2D eigenvalue weighted by atomic mass is 9.99. The Morgan fingerprint density at radius 3 is 2.47 bits per heavy atom. The van der Waals surface area contributed by atoms with E-state index in [0.717, 1.165) is 5.56 Å². The average molecular weight is 264 g/mol. The summed E-state index contributed by atoms with van der Waals surface area (Å²) in [6, 6.07) is 9.36. The van der Waals surface area contributed by atoms with Crippen LogP contribution < -0.4 is 11.1 Å². The summed E-state index contributed by atoms with van der Waals surface area (Å²) in [6.45, 7) is 2.21. The first-order valence-electron chi connectivity index (χ1n) is 6.31. The lowest BCUT2D eigenvalue weighted by Crippen LogP contribution is -2.59. The SMILES string of the molecule is CCN[C@@](N)(CCC(=O)Cc1ccccc1)C(=O)O. The zero-order chi connectivity index (χ0) is 14.3. The minimum Gasteiger partial charge on any atom is -0.479 e. The number of carboxylic acid groups (broad SMARTS) is 1. The maximum Gasteiger partial charge on any atom is 0.338 e. The topological polar surface area (TPSA) is 92.4 Å². The molecule has 1 aromatic carbocycles.